The molecule has 4 aliphatic rings. The van der Waals surface area contributed by atoms with E-state index in [1.165, 1.54) is 51.6 Å². The Bertz CT molecular complexity index is 2620. The van der Waals surface area contributed by atoms with Crippen LogP contribution in [0.3, 0.4) is 0 Å². The third-order valence-electron chi connectivity index (χ3n) is 12.2. The van der Waals surface area contributed by atoms with Crippen LogP contribution >= 0.6 is 0 Å². The number of carboxylic acid groups (broad SMARTS) is 1. The number of carbonyl (C=O) groups excluding carboxylic acids is 3. The third-order valence-corrected chi connectivity index (χ3v) is 12.2. The lowest BCUT2D eigenvalue weighted by Crippen LogP contribution is -2.46. The quantitative estimate of drug-likeness (QED) is 0.122. The summed E-state index contributed by atoms with van der Waals surface area (Å²) in [4.78, 5) is 72.6. The van der Waals surface area contributed by atoms with Gasteiger partial charge in [0.15, 0.2) is 0 Å². The number of aliphatic hydroxyl groups is 1. The fraction of sp³-hybridized carbons (Fsp3) is 0.517. The van der Waals surface area contributed by atoms with Crippen LogP contribution in [0, 0.1) is 25.2 Å². The van der Waals surface area contributed by atoms with Crippen molar-refractivity contribution in [2.75, 3.05) is 81.4 Å². The molecule has 0 aromatic carbocycles. The summed E-state index contributed by atoms with van der Waals surface area (Å²) in [5.41, 5.74) is 11.5. The average Bonchev–Trinajstić information content (AvgIpc) is 3.98. The zero-order valence-electron chi connectivity index (χ0n) is 48.7. The molecule has 1 unspecified atom stereocenters. The van der Waals surface area contributed by atoms with E-state index in [2.05, 4.69) is 90.7 Å². The molecule has 20 nitrogen and oxygen atoms in total. The van der Waals surface area contributed by atoms with E-state index in [1.807, 2.05) is 53.1 Å². The summed E-state index contributed by atoms with van der Waals surface area (Å²) < 4.78 is 25.0. The smallest absolute Gasteiger partial charge is 0.339 e. The molecule has 0 spiro atoms. The van der Waals surface area contributed by atoms with Gasteiger partial charge in [0.2, 0.25) is 11.8 Å². The molecule has 0 bridgehead atoms. The standard InChI is InChI=1S/C11H14N2O.C10H12N2O.C10H19NO2.C9H15NO2.C8H9NO2.C6H5NO2.C4H11NO/c1-8-4-5-12-6-9(8)10-13-11(2,3)7-14-10;1-10(2)7-13-9(12-10)8-4-3-5-11-6-8;1-10(2)5-6-11(3)7-8(10)9(12)13-4;1-7-4-5-10(2)6-8(7)9(11)12-3;1-6-3-4-9-5-7(6)8(10)11-2;8-6(9)5-2-1-3-7-4-5;1-4(2,5)3-6/h4-6H,7H2,1-3H3;3-6H,7H2,1-2H3;8H,5-7H2,1-4H3;4-6H2,1-3H3;3-5H,1-2H3;1-4H,(H,8,9);6H,3,5H2,1-2H3. The monoisotopic (exact) mass is 1080 g/mol. The molecular weight excluding hydrogens is 999 g/mol. The minimum atomic E-state index is -0.942. The lowest BCUT2D eigenvalue weighted by molar-refractivity contribution is -0.152. The lowest BCUT2D eigenvalue weighted by atomic mass is 9.73. The van der Waals surface area contributed by atoms with E-state index in [4.69, 9.17) is 30.2 Å². The van der Waals surface area contributed by atoms with Crippen molar-refractivity contribution in [1.29, 1.82) is 0 Å². The largest absolute Gasteiger partial charge is 0.478 e. The molecule has 8 rings (SSSR count). The lowest BCUT2D eigenvalue weighted by Gasteiger charge is -2.40. The number of aromatic carboxylic acids is 1. The first kappa shape index (κ1) is 67.1. The highest BCUT2D eigenvalue weighted by Gasteiger charge is 2.39. The third kappa shape index (κ3) is 24.1. The maximum Gasteiger partial charge on any atom is 0.339 e. The number of aromatic nitrogens is 4. The molecule has 1 saturated heterocycles. The van der Waals surface area contributed by atoms with Crippen molar-refractivity contribution in [3.8, 4) is 0 Å². The molecule has 4 aromatic heterocycles. The van der Waals surface area contributed by atoms with Crippen molar-refractivity contribution in [2.24, 2.45) is 27.1 Å². The highest BCUT2D eigenvalue weighted by atomic mass is 16.5. The van der Waals surface area contributed by atoms with Gasteiger partial charge in [0.25, 0.3) is 0 Å². The number of piperidine rings is 1. The Balaban J connectivity index is 0.000000315. The highest BCUT2D eigenvalue weighted by Crippen LogP contribution is 2.35. The first-order chi connectivity index (χ1) is 36.5. The van der Waals surface area contributed by atoms with Crippen LogP contribution in [0.15, 0.2) is 107 Å². The van der Waals surface area contributed by atoms with E-state index in [0.717, 1.165) is 72.7 Å². The maximum absolute atomic E-state index is 11.5. The first-order valence-electron chi connectivity index (χ1n) is 25.5. The number of pyridine rings is 4. The van der Waals surface area contributed by atoms with E-state index in [1.54, 1.807) is 57.0 Å². The number of carbonyl (C=O) groups is 4. The highest BCUT2D eigenvalue weighted by molar-refractivity contribution is 5.96. The SMILES string of the molecule is CC(C)(N)CO.CC1(C)COC(c2cccnc2)=N1.COC(=O)C1=C(C)CCN(C)C1.COC(=O)C1CN(C)CCC1(C)C.COC(=O)c1cnccc1C.Cc1ccncc1C1=NC(C)(C)CO1.O=C(O)c1cccnc1. The zero-order chi connectivity index (χ0) is 58.9. The van der Waals surface area contributed by atoms with Gasteiger partial charge in [0.05, 0.1) is 72.8 Å². The van der Waals surface area contributed by atoms with Gasteiger partial charge in [0.1, 0.15) is 13.2 Å². The second-order valence-corrected chi connectivity index (χ2v) is 21.7. The summed E-state index contributed by atoms with van der Waals surface area (Å²) in [5, 5.41) is 16.6. The molecule has 0 radical (unpaired) electrons. The number of ether oxygens (including phenoxy) is 5. The van der Waals surface area contributed by atoms with Gasteiger partial charge in [-0.25, -0.2) is 24.4 Å². The molecule has 78 heavy (non-hydrogen) atoms. The molecular formula is C58H85N9O11. The fourth-order valence-electron chi connectivity index (χ4n) is 7.10. The van der Waals surface area contributed by atoms with Crippen LogP contribution in [0.5, 0.6) is 0 Å². The van der Waals surface area contributed by atoms with Crippen molar-refractivity contribution in [3.05, 3.63) is 130 Å². The Kier molecular flexibility index (Phi) is 27.6. The van der Waals surface area contributed by atoms with Crippen LogP contribution in [0.2, 0.25) is 0 Å². The Labute approximate surface area is 461 Å². The summed E-state index contributed by atoms with van der Waals surface area (Å²) in [6.45, 7) is 26.9. The summed E-state index contributed by atoms with van der Waals surface area (Å²) in [5.74, 6) is -0.0794. The van der Waals surface area contributed by atoms with Crippen LogP contribution < -0.4 is 5.73 Å². The number of likely N-dealkylation sites (N-methyl/N-ethyl adjacent to an activating group) is 1. The van der Waals surface area contributed by atoms with Crippen molar-refractivity contribution < 1.29 is 53.1 Å². The van der Waals surface area contributed by atoms with Crippen molar-refractivity contribution in [2.45, 2.75) is 106 Å². The molecule has 4 aromatic rings. The van der Waals surface area contributed by atoms with E-state index in [0.29, 0.717) is 24.7 Å². The molecule has 0 amide bonds. The predicted molar refractivity (Wildman–Crippen MR) is 301 cm³/mol. The number of methoxy groups -OCH3 is 3. The molecule has 1 atom stereocenters. The molecule has 8 heterocycles. The number of hydrogen-bond donors (Lipinski definition) is 3. The summed E-state index contributed by atoms with van der Waals surface area (Å²) in [6, 6.07) is 10.7. The minimum absolute atomic E-state index is 0.0243. The van der Waals surface area contributed by atoms with Crippen molar-refractivity contribution >= 4 is 35.7 Å². The summed E-state index contributed by atoms with van der Waals surface area (Å²) in [6.07, 6.45) is 15.1. The van der Waals surface area contributed by atoms with Gasteiger partial charge < -0.3 is 49.4 Å². The predicted octanol–water partition coefficient (Wildman–Crippen LogP) is 7.20. The second-order valence-electron chi connectivity index (χ2n) is 21.7. The molecule has 4 N–H and O–H groups in total. The number of hydrogen-bond acceptors (Lipinski definition) is 19. The van der Waals surface area contributed by atoms with Crippen LogP contribution in [-0.2, 0) is 33.3 Å². The molecule has 1 fully saturated rings. The van der Waals surface area contributed by atoms with Gasteiger partial charge in [-0.3, -0.25) is 24.7 Å². The number of carboxylic acids is 1. The number of rotatable bonds is 7. The number of nitrogens with two attached hydrogens (primary N) is 1. The van der Waals surface area contributed by atoms with Crippen LogP contribution in [0.25, 0.3) is 0 Å². The number of aliphatic imine (C=N–C) groups is 2. The first-order valence-corrected chi connectivity index (χ1v) is 25.5. The average molecular weight is 1080 g/mol. The van der Waals surface area contributed by atoms with Gasteiger partial charge in [-0.15, -0.1) is 0 Å². The molecule has 20 heteroatoms. The number of nitrogens with zero attached hydrogens (tertiary/aromatic N) is 8. The van der Waals surface area contributed by atoms with Crippen LogP contribution in [0.1, 0.15) is 118 Å². The molecule has 428 valence electrons. The molecule has 4 aliphatic heterocycles. The van der Waals surface area contributed by atoms with Gasteiger partial charge >= 0.3 is 23.9 Å². The molecule has 0 aliphatic carbocycles. The Morgan fingerprint density at radius 3 is 1.71 bits per heavy atom. The van der Waals surface area contributed by atoms with Gasteiger partial charge in [-0.05, 0) is 149 Å². The van der Waals surface area contributed by atoms with Gasteiger partial charge in [-0.1, -0.05) is 19.4 Å². The normalized spacial score (nSPS) is 17.6. The van der Waals surface area contributed by atoms with E-state index in [9.17, 15) is 19.2 Å². The second kappa shape index (κ2) is 32.0. The fourth-order valence-corrected chi connectivity index (χ4v) is 7.10. The Hall–Kier alpha value is -7.00. The van der Waals surface area contributed by atoms with Crippen LogP contribution in [0.4, 0.5) is 0 Å². The number of aliphatic hydroxyl groups excluding tert-OH is 1. The number of likely N-dealkylation sites (tertiary alicyclic amines) is 1. The van der Waals surface area contributed by atoms with Gasteiger partial charge in [0, 0.05) is 74.7 Å². The van der Waals surface area contributed by atoms with Gasteiger partial charge in [-0.2, -0.15) is 0 Å². The topological polar surface area (TPSA) is 264 Å². The van der Waals surface area contributed by atoms with Crippen molar-refractivity contribution in [3.63, 3.8) is 0 Å². The van der Waals surface area contributed by atoms with Crippen LogP contribution in [-0.4, -0.2) is 174 Å². The summed E-state index contributed by atoms with van der Waals surface area (Å²) >= 11 is 0. The maximum atomic E-state index is 11.5. The molecule has 0 saturated carbocycles. The zero-order valence-corrected chi connectivity index (χ0v) is 48.7. The number of esters is 3. The Morgan fingerprint density at radius 1 is 0.718 bits per heavy atom. The van der Waals surface area contributed by atoms with E-state index < -0.39 is 11.5 Å². The Morgan fingerprint density at radius 2 is 1.26 bits per heavy atom. The van der Waals surface area contributed by atoms with E-state index >= 15 is 0 Å². The number of aryl methyl sites for hydroxylation is 2. The van der Waals surface area contributed by atoms with Crippen molar-refractivity contribution in [1.82, 2.24) is 29.7 Å². The van der Waals surface area contributed by atoms with E-state index in [-0.39, 0.29) is 52.5 Å². The summed E-state index contributed by atoms with van der Waals surface area (Å²) in [7, 11) is 8.31. The minimum Gasteiger partial charge on any atom is -0.478 e.